The molecule has 1 aliphatic rings. The second-order valence-electron chi connectivity index (χ2n) is 3.63. The molecular formula is C12H13N3O. The predicted molar refractivity (Wildman–Crippen MR) is 62.5 cm³/mol. The van der Waals surface area contributed by atoms with Gasteiger partial charge < -0.3 is 10.7 Å². The highest BCUT2D eigenvalue weighted by Gasteiger charge is 2.14. The van der Waals surface area contributed by atoms with Gasteiger partial charge in [-0.3, -0.25) is 4.79 Å². The van der Waals surface area contributed by atoms with Crippen LogP contribution in [-0.2, 0) is 11.3 Å². The summed E-state index contributed by atoms with van der Waals surface area (Å²) in [5, 5.41) is 3.47. The molecule has 0 radical (unpaired) electrons. The third kappa shape index (κ3) is 2.28. The molecule has 0 bridgehead atoms. The topological polar surface area (TPSA) is 58.7 Å². The number of amides is 1. The van der Waals surface area contributed by atoms with Gasteiger partial charge in [0, 0.05) is 12.6 Å². The number of rotatable bonds is 3. The lowest BCUT2D eigenvalue weighted by molar-refractivity contribution is -0.127. The smallest absolute Gasteiger partial charge is 0.230 e. The second kappa shape index (κ2) is 4.61. The Bertz CT molecular complexity index is 451. The Kier molecular flexibility index (Phi) is 3.00. The Hall–Kier alpha value is -2.10. The van der Waals surface area contributed by atoms with Gasteiger partial charge >= 0.3 is 0 Å². The van der Waals surface area contributed by atoms with E-state index >= 15 is 0 Å². The number of nitrogens with zero attached hydrogens (tertiary/aromatic N) is 2. The van der Waals surface area contributed by atoms with Crippen molar-refractivity contribution in [3.8, 4) is 0 Å². The molecule has 0 spiro atoms. The molecule has 0 atom stereocenters. The number of hydrazone groups is 1. The molecule has 2 rings (SSSR count). The molecule has 0 aliphatic carbocycles. The van der Waals surface area contributed by atoms with Crippen LogP contribution in [0.15, 0.2) is 41.6 Å². The van der Waals surface area contributed by atoms with Gasteiger partial charge in [-0.25, -0.2) is 0 Å². The summed E-state index contributed by atoms with van der Waals surface area (Å²) >= 11 is 0. The molecule has 1 amide bonds. The summed E-state index contributed by atoms with van der Waals surface area (Å²) in [6.07, 6.45) is 5.79. The van der Waals surface area contributed by atoms with Crippen molar-refractivity contribution in [2.75, 3.05) is 0 Å². The van der Waals surface area contributed by atoms with Crippen molar-refractivity contribution in [2.45, 2.75) is 13.0 Å². The van der Waals surface area contributed by atoms with Crippen molar-refractivity contribution in [2.24, 2.45) is 10.9 Å². The van der Waals surface area contributed by atoms with Gasteiger partial charge in [0.2, 0.25) is 5.91 Å². The molecule has 0 aromatic heterocycles. The summed E-state index contributed by atoms with van der Waals surface area (Å²) in [7, 11) is 0. The zero-order chi connectivity index (χ0) is 11.4. The molecule has 2 N–H and O–H groups in total. The van der Waals surface area contributed by atoms with Crippen LogP contribution in [-0.4, -0.2) is 17.0 Å². The van der Waals surface area contributed by atoms with Crippen LogP contribution in [0.3, 0.4) is 0 Å². The fraction of sp³-hybridized carbons (Fsp3) is 0.167. The van der Waals surface area contributed by atoms with Crippen LogP contribution >= 0.6 is 0 Å². The fourth-order valence-corrected chi connectivity index (χ4v) is 1.68. The van der Waals surface area contributed by atoms with E-state index in [0.29, 0.717) is 13.0 Å². The highest BCUT2D eigenvalue weighted by molar-refractivity contribution is 5.81. The van der Waals surface area contributed by atoms with Crippen LogP contribution in [0, 0.1) is 0 Å². The van der Waals surface area contributed by atoms with E-state index in [-0.39, 0.29) is 5.91 Å². The van der Waals surface area contributed by atoms with E-state index in [2.05, 4.69) is 5.10 Å². The van der Waals surface area contributed by atoms with Crippen LogP contribution < -0.4 is 5.84 Å². The minimum atomic E-state index is 0.137. The lowest BCUT2D eigenvalue weighted by Gasteiger charge is -2.13. The van der Waals surface area contributed by atoms with Gasteiger partial charge in [0.05, 0.1) is 12.8 Å². The molecule has 0 saturated carbocycles. The van der Waals surface area contributed by atoms with Gasteiger partial charge in [0.25, 0.3) is 0 Å². The van der Waals surface area contributed by atoms with Gasteiger partial charge in [0.1, 0.15) is 0 Å². The summed E-state index contributed by atoms with van der Waals surface area (Å²) < 4.78 is 0. The molecular weight excluding hydrogens is 202 g/mol. The van der Waals surface area contributed by atoms with Gasteiger partial charge in [0.15, 0.2) is 0 Å². The summed E-state index contributed by atoms with van der Waals surface area (Å²) in [5.74, 6) is 5.23. The van der Waals surface area contributed by atoms with Crippen molar-refractivity contribution >= 4 is 12.1 Å². The lowest BCUT2D eigenvalue weighted by atomic mass is 10.1. The highest BCUT2D eigenvalue weighted by atomic mass is 16.2. The number of carbonyl (C=O) groups excluding carboxylic acids is 1. The average molecular weight is 215 g/mol. The van der Waals surface area contributed by atoms with Gasteiger partial charge in [-0.05, 0) is 17.2 Å². The molecule has 0 fully saturated rings. The first kappa shape index (κ1) is 10.4. The first-order chi connectivity index (χ1) is 7.79. The monoisotopic (exact) mass is 215 g/mol. The molecule has 4 heteroatoms. The maximum Gasteiger partial charge on any atom is 0.230 e. The predicted octanol–water partition coefficient (Wildman–Crippen LogP) is 1.23. The minimum Gasteiger partial charge on any atom is -0.323 e. The number of nitrogens with two attached hydrogens (primary N) is 1. The van der Waals surface area contributed by atoms with Crippen LogP contribution in [0.4, 0.5) is 0 Å². The lowest BCUT2D eigenvalue weighted by Crippen LogP contribution is -2.20. The summed E-state index contributed by atoms with van der Waals surface area (Å²) in [6, 6.07) is 7.79. The van der Waals surface area contributed by atoms with E-state index < -0.39 is 0 Å². The molecule has 4 nitrogen and oxygen atoms in total. The molecule has 1 heterocycles. The quantitative estimate of drug-likeness (QED) is 0.468. The molecule has 16 heavy (non-hydrogen) atoms. The zero-order valence-corrected chi connectivity index (χ0v) is 8.84. The Morgan fingerprint density at radius 1 is 1.50 bits per heavy atom. The molecule has 0 saturated heterocycles. The fourth-order valence-electron chi connectivity index (χ4n) is 1.68. The van der Waals surface area contributed by atoms with Gasteiger partial charge in [-0.2, -0.15) is 5.10 Å². The zero-order valence-electron chi connectivity index (χ0n) is 8.84. The molecule has 1 aliphatic heterocycles. The van der Waals surface area contributed by atoms with E-state index in [9.17, 15) is 4.79 Å². The minimum absolute atomic E-state index is 0.137. The maximum atomic E-state index is 11.4. The summed E-state index contributed by atoms with van der Waals surface area (Å²) in [4.78, 5) is 13.1. The second-order valence-corrected chi connectivity index (χ2v) is 3.63. The van der Waals surface area contributed by atoms with Crippen LogP contribution in [0.25, 0.3) is 0 Å². The summed E-state index contributed by atoms with van der Waals surface area (Å²) in [6.45, 7) is 0.599. The van der Waals surface area contributed by atoms with Gasteiger partial charge in [-0.15, -0.1) is 0 Å². The Morgan fingerprint density at radius 3 is 3.06 bits per heavy atom. The first-order valence-corrected chi connectivity index (χ1v) is 5.08. The van der Waals surface area contributed by atoms with E-state index in [1.807, 2.05) is 36.5 Å². The third-order valence-electron chi connectivity index (χ3n) is 2.43. The summed E-state index contributed by atoms with van der Waals surface area (Å²) in [5.41, 5.74) is 2.01. The SMILES string of the molecule is NN=Cc1cccc(CN2C=CCC2=O)c1. The molecule has 0 unspecified atom stereocenters. The van der Waals surface area contributed by atoms with Gasteiger partial charge in [-0.1, -0.05) is 24.3 Å². The Labute approximate surface area is 94.1 Å². The van der Waals surface area contributed by atoms with Crippen LogP contribution in [0.5, 0.6) is 0 Å². The number of carbonyl (C=O) groups is 1. The highest BCUT2D eigenvalue weighted by Crippen LogP contribution is 2.12. The largest absolute Gasteiger partial charge is 0.323 e. The van der Waals surface area contributed by atoms with Crippen molar-refractivity contribution in [3.05, 3.63) is 47.7 Å². The maximum absolute atomic E-state index is 11.4. The van der Waals surface area contributed by atoms with E-state index in [1.165, 1.54) is 0 Å². The van der Waals surface area contributed by atoms with E-state index in [1.54, 1.807) is 11.1 Å². The number of benzene rings is 1. The number of hydrogen-bond donors (Lipinski definition) is 1. The van der Waals surface area contributed by atoms with Crippen molar-refractivity contribution < 1.29 is 4.79 Å². The standard InChI is InChI=1S/C12H13N3O/c13-14-8-10-3-1-4-11(7-10)9-15-6-2-5-12(15)16/h1-4,6-8H,5,9,13H2. The van der Waals surface area contributed by atoms with Crippen molar-refractivity contribution in [1.29, 1.82) is 0 Å². The third-order valence-corrected chi connectivity index (χ3v) is 2.43. The van der Waals surface area contributed by atoms with Crippen LogP contribution in [0.2, 0.25) is 0 Å². The normalized spacial score (nSPS) is 15.2. The van der Waals surface area contributed by atoms with E-state index in [4.69, 9.17) is 5.84 Å². The Morgan fingerprint density at radius 2 is 2.38 bits per heavy atom. The molecule has 1 aromatic carbocycles. The van der Waals surface area contributed by atoms with E-state index in [0.717, 1.165) is 11.1 Å². The average Bonchev–Trinajstić information content (AvgIpc) is 2.66. The first-order valence-electron chi connectivity index (χ1n) is 5.08. The van der Waals surface area contributed by atoms with Crippen molar-refractivity contribution in [3.63, 3.8) is 0 Å². The Balaban J connectivity index is 2.12. The van der Waals surface area contributed by atoms with Crippen LogP contribution in [0.1, 0.15) is 17.5 Å². The molecule has 82 valence electrons. The van der Waals surface area contributed by atoms with Crippen molar-refractivity contribution in [1.82, 2.24) is 4.90 Å². The number of hydrogen-bond acceptors (Lipinski definition) is 3. The molecule has 1 aromatic rings.